The maximum atomic E-state index is 2.61. The van der Waals surface area contributed by atoms with E-state index in [0.717, 1.165) is 12.1 Å². The molecule has 1 fully saturated rings. The second-order valence-corrected chi connectivity index (χ2v) is 4.33. The molecule has 0 aromatic rings. The van der Waals surface area contributed by atoms with Gasteiger partial charge in [-0.15, -0.1) is 0 Å². The fraction of sp³-hybridized carbons (Fsp3) is 1.00. The van der Waals surface area contributed by atoms with Crippen LogP contribution in [0, 0.1) is 0 Å². The highest BCUT2D eigenvalue weighted by Crippen LogP contribution is 2.19. The summed E-state index contributed by atoms with van der Waals surface area (Å²) in [6.45, 7) is 4.70. The average Bonchev–Trinajstić information content (AvgIpc) is 1.83. The fourth-order valence-electron chi connectivity index (χ4n) is 1.55. The van der Waals surface area contributed by atoms with E-state index in [2.05, 4.69) is 18.4 Å². The van der Waals surface area contributed by atoms with Crippen molar-refractivity contribution in [3.63, 3.8) is 0 Å². The van der Waals surface area contributed by atoms with Crippen molar-refractivity contribution in [1.29, 1.82) is 0 Å². The van der Waals surface area contributed by atoms with Crippen LogP contribution >= 0.6 is 0 Å². The van der Waals surface area contributed by atoms with Crippen LogP contribution in [0.25, 0.3) is 0 Å². The molecular formula is C7H17NSi. The van der Waals surface area contributed by atoms with Gasteiger partial charge in [-0.3, -0.25) is 0 Å². The highest BCUT2D eigenvalue weighted by atomic mass is 28.2. The molecule has 0 amide bonds. The largest absolute Gasteiger partial charge is 0.327 e. The normalized spacial score (nSPS) is 39.3. The summed E-state index contributed by atoms with van der Waals surface area (Å²) in [4.78, 5) is 0. The van der Waals surface area contributed by atoms with E-state index in [0.29, 0.717) is 0 Å². The van der Waals surface area contributed by atoms with Crippen LogP contribution in [0.4, 0.5) is 0 Å². The third-order valence-electron chi connectivity index (χ3n) is 2.63. The predicted octanol–water partition coefficient (Wildman–Crippen LogP) is 0.530. The molecule has 0 aliphatic carbocycles. The average molecular weight is 143 g/mol. The lowest BCUT2D eigenvalue weighted by atomic mass is 10.0. The summed E-state index contributed by atoms with van der Waals surface area (Å²) >= 11 is 0. The summed E-state index contributed by atoms with van der Waals surface area (Å²) in [6.07, 6.45) is 4.29. The van der Waals surface area contributed by atoms with Crippen molar-refractivity contribution < 1.29 is 0 Å². The Hall–Kier alpha value is 0.177. The lowest BCUT2D eigenvalue weighted by molar-refractivity contribution is 0.211. The van der Waals surface area contributed by atoms with Gasteiger partial charge >= 0.3 is 0 Å². The van der Waals surface area contributed by atoms with Crippen LogP contribution in [0.2, 0.25) is 0 Å². The summed E-state index contributed by atoms with van der Waals surface area (Å²) in [6, 6.07) is 1.75. The minimum absolute atomic E-state index is 0.875. The number of piperidine rings is 1. The van der Waals surface area contributed by atoms with Gasteiger partial charge in [-0.2, -0.15) is 0 Å². The number of hydrogen-bond donors (Lipinski definition) is 0. The Morgan fingerprint density at radius 3 is 2.00 bits per heavy atom. The van der Waals surface area contributed by atoms with Gasteiger partial charge in [0.25, 0.3) is 0 Å². The van der Waals surface area contributed by atoms with Crippen LogP contribution in [0.5, 0.6) is 0 Å². The van der Waals surface area contributed by atoms with Crippen molar-refractivity contribution in [2.45, 2.75) is 45.2 Å². The molecule has 1 heterocycles. The first-order valence-electron chi connectivity index (χ1n) is 3.93. The molecular weight excluding hydrogens is 126 g/mol. The SMILES string of the molecule is CC1CCCC(C)N1[SiH3]. The van der Waals surface area contributed by atoms with Crippen molar-refractivity contribution >= 4 is 10.4 Å². The van der Waals surface area contributed by atoms with Crippen molar-refractivity contribution in [2.75, 3.05) is 0 Å². The molecule has 1 aliphatic rings. The van der Waals surface area contributed by atoms with E-state index in [9.17, 15) is 0 Å². The Bertz CT molecular complexity index is 84.9. The summed E-state index contributed by atoms with van der Waals surface area (Å²) in [5.74, 6) is 0. The van der Waals surface area contributed by atoms with E-state index in [-0.39, 0.29) is 0 Å². The molecule has 0 aromatic heterocycles. The van der Waals surface area contributed by atoms with E-state index in [1.54, 1.807) is 0 Å². The third-order valence-corrected chi connectivity index (χ3v) is 4.40. The summed E-state index contributed by atoms with van der Waals surface area (Å²) in [5, 5.41) is 0. The molecule has 9 heavy (non-hydrogen) atoms. The molecule has 2 atom stereocenters. The Morgan fingerprint density at radius 2 is 1.67 bits per heavy atom. The van der Waals surface area contributed by atoms with Crippen LogP contribution < -0.4 is 0 Å². The Kier molecular flexibility index (Phi) is 2.30. The summed E-state index contributed by atoms with van der Waals surface area (Å²) in [7, 11) is 1.25. The zero-order valence-electron chi connectivity index (χ0n) is 6.72. The second kappa shape index (κ2) is 2.84. The first kappa shape index (κ1) is 7.29. The lowest BCUT2D eigenvalue weighted by Crippen LogP contribution is -2.41. The van der Waals surface area contributed by atoms with Crippen LogP contribution in [0.3, 0.4) is 0 Å². The van der Waals surface area contributed by atoms with Crippen molar-refractivity contribution in [2.24, 2.45) is 0 Å². The topological polar surface area (TPSA) is 3.24 Å². The highest BCUT2D eigenvalue weighted by Gasteiger charge is 2.19. The van der Waals surface area contributed by atoms with E-state index < -0.39 is 0 Å². The van der Waals surface area contributed by atoms with Gasteiger partial charge in [0.15, 0.2) is 0 Å². The quantitative estimate of drug-likeness (QED) is 0.447. The maximum absolute atomic E-state index is 2.61. The van der Waals surface area contributed by atoms with Gasteiger partial charge in [0.1, 0.15) is 0 Å². The van der Waals surface area contributed by atoms with E-state index in [4.69, 9.17) is 0 Å². The van der Waals surface area contributed by atoms with Crippen LogP contribution in [-0.2, 0) is 0 Å². The predicted molar refractivity (Wildman–Crippen MR) is 44.6 cm³/mol. The van der Waals surface area contributed by atoms with Crippen LogP contribution in [0.1, 0.15) is 33.1 Å². The molecule has 0 saturated carbocycles. The first-order valence-corrected chi connectivity index (χ1v) is 4.83. The lowest BCUT2D eigenvalue weighted by Gasteiger charge is -2.36. The number of nitrogens with zero attached hydrogens (tertiary/aromatic N) is 1. The van der Waals surface area contributed by atoms with Crippen molar-refractivity contribution in [3.8, 4) is 0 Å². The van der Waals surface area contributed by atoms with E-state index >= 15 is 0 Å². The number of hydrogen-bond acceptors (Lipinski definition) is 1. The van der Waals surface area contributed by atoms with Crippen LogP contribution in [-0.4, -0.2) is 27.1 Å². The molecule has 0 aromatic carbocycles. The summed E-state index contributed by atoms with van der Waals surface area (Å²) in [5.41, 5.74) is 0. The third kappa shape index (κ3) is 1.55. The van der Waals surface area contributed by atoms with Crippen LogP contribution in [0.15, 0.2) is 0 Å². The monoisotopic (exact) mass is 143 g/mol. The maximum Gasteiger partial charge on any atom is 0.0791 e. The van der Waals surface area contributed by atoms with Crippen molar-refractivity contribution in [1.82, 2.24) is 4.57 Å². The molecule has 1 saturated heterocycles. The molecule has 0 radical (unpaired) electrons. The minimum Gasteiger partial charge on any atom is -0.327 e. The van der Waals surface area contributed by atoms with Gasteiger partial charge in [-0.05, 0) is 24.9 Å². The van der Waals surface area contributed by atoms with E-state index in [1.165, 1.54) is 29.7 Å². The summed E-state index contributed by atoms with van der Waals surface area (Å²) < 4.78 is 2.61. The zero-order chi connectivity index (χ0) is 6.85. The Balaban J connectivity index is 2.41. The van der Waals surface area contributed by atoms with Gasteiger partial charge in [-0.25, -0.2) is 0 Å². The molecule has 54 valence electrons. The molecule has 1 nitrogen and oxygen atoms in total. The molecule has 1 rings (SSSR count). The highest BCUT2D eigenvalue weighted by molar-refractivity contribution is 6.04. The second-order valence-electron chi connectivity index (χ2n) is 3.29. The minimum atomic E-state index is 0.875. The molecule has 2 heteroatoms. The van der Waals surface area contributed by atoms with Gasteiger partial charge in [0, 0.05) is 0 Å². The molecule has 0 spiro atoms. The van der Waals surface area contributed by atoms with Crippen molar-refractivity contribution in [3.05, 3.63) is 0 Å². The van der Waals surface area contributed by atoms with Gasteiger partial charge in [0.05, 0.1) is 10.4 Å². The molecule has 0 N–H and O–H groups in total. The van der Waals surface area contributed by atoms with E-state index in [1.807, 2.05) is 0 Å². The smallest absolute Gasteiger partial charge is 0.0791 e. The van der Waals surface area contributed by atoms with Gasteiger partial charge < -0.3 is 4.57 Å². The molecule has 0 bridgehead atoms. The van der Waals surface area contributed by atoms with Gasteiger partial charge in [0.2, 0.25) is 0 Å². The van der Waals surface area contributed by atoms with Gasteiger partial charge in [-0.1, -0.05) is 20.3 Å². The standard InChI is InChI=1S/C7H17NSi/c1-6-4-3-5-7(2)8(6)9/h6-7H,3-5H2,1-2,9H3. The Morgan fingerprint density at radius 1 is 1.22 bits per heavy atom. The fourth-order valence-corrected chi connectivity index (χ4v) is 2.07. The first-order chi connectivity index (χ1) is 4.22. The molecule has 1 aliphatic heterocycles. The zero-order valence-corrected chi connectivity index (χ0v) is 8.72. The number of rotatable bonds is 0. The molecule has 2 unspecified atom stereocenters. The Labute approximate surface area is 60.9 Å².